The summed E-state index contributed by atoms with van der Waals surface area (Å²) in [4.78, 5) is 0.129. The van der Waals surface area contributed by atoms with Gasteiger partial charge in [-0.15, -0.1) is 0 Å². The van der Waals surface area contributed by atoms with Crippen LogP contribution in [0.5, 0.6) is 5.75 Å². The third kappa shape index (κ3) is 1.91. The molecule has 0 fully saturated rings. The van der Waals surface area contributed by atoms with Gasteiger partial charge in [0.2, 0.25) is 0 Å². The van der Waals surface area contributed by atoms with Crippen molar-refractivity contribution in [2.24, 2.45) is 0 Å². The van der Waals surface area contributed by atoms with Crippen LogP contribution in [0.4, 0.5) is 0 Å². The van der Waals surface area contributed by atoms with E-state index < -0.39 is 10.1 Å². The van der Waals surface area contributed by atoms with Crippen LogP contribution < -0.4 is 0 Å². The number of aromatic hydroxyl groups is 1. The predicted octanol–water partition coefficient (Wildman–Crippen LogP) is 2.64. The molecule has 5 heteroatoms. The zero-order valence-electron chi connectivity index (χ0n) is 9.73. The van der Waals surface area contributed by atoms with E-state index in [1.165, 1.54) is 18.2 Å². The summed E-state index contributed by atoms with van der Waals surface area (Å²) in [7, 11) is -3.73. The summed E-state index contributed by atoms with van der Waals surface area (Å²) in [5.41, 5.74) is 1.39. The molecule has 0 atom stereocenters. The number of allylic oxidation sites excluding steroid dienone is 2. The van der Waals surface area contributed by atoms with Gasteiger partial charge in [-0.2, -0.15) is 8.42 Å². The van der Waals surface area contributed by atoms with Gasteiger partial charge in [-0.05, 0) is 24.6 Å². The minimum atomic E-state index is -3.73. The van der Waals surface area contributed by atoms with Gasteiger partial charge in [-0.25, -0.2) is 0 Å². The van der Waals surface area contributed by atoms with Crippen LogP contribution in [0.15, 0.2) is 28.9 Å². The summed E-state index contributed by atoms with van der Waals surface area (Å²) >= 11 is 0. The second-order valence-electron chi connectivity index (χ2n) is 3.83. The Morgan fingerprint density at radius 3 is 2.53 bits per heavy atom. The molecule has 0 radical (unpaired) electrons. The minimum Gasteiger partial charge on any atom is -0.508 e. The summed E-state index contributed by atoms with van der Waals surface area (Å²) < 4.78 is 28.8. The van der Waals surface area contributed by atoms with Crippen LogP contribution in [0.25, 0.3) is 5.57 Å². The average molecular weight is 254 g/mol. The maximum Gasteiger partial charge on any atom is 0.339 e. The Hall–Kier alpha value is -1.49. The number of hydrogen-bond donors (Lipinski definition) is 1. The highest BCUT2D eigenvalue weighted by Gasteiger charge is 2.30. The second-order valence-corrected chi connectivity index (χ2v) is 5.34. The van der Waals surface area contributed by atoms with E-state index in [1.807, 2.05) is 13.8 Å². The average Bonchev–Trinajstić information content (AvgIpc) is 2.27. The number of fused-ring (bicyclic) bond motifs is 1. The van der Waals surface area contributed by atoms with Gasteiger partial charge in [0.15, 0.2) is 0 Å². The van der Waals surface area contributed by atoms with Crippen LogP contribution in [0.3, 0.4) is 0 Å². The van der Waals surface area contributed by atoms with E-state index in [4.69, 9.17) is 4.18 Å². The molecule has 17 heavy (non-hydrogen) atoms. The molecule has 2 rings (SSSR count). The molecule has 1 N–H and O–H groups in total. The fourth-order valence-corrected chi connectivity index (χ4v) is 3.27. The van der Waals surface area contributed by atoms with Gasteiger partial charge >= 0.3 is 10.1 Å². The van der Waals surface area contributed by atoms with Crippen molar-refractivity contribution >= 4 is 15.7 Å². The fourth-order valence-electron chi connectivity index (χ4n) is 2.01. The Balaban J connectivity index is 2.78. The van der Waals surface area contributed by atoms with E-state index in [0.717, 1.165) is 5.57 Å². The first-order valence-electron chi connectivity index (χ1n) is 5.49. The standard InChI is InChI=1S/C12H14O4S/c1-3-9-10-7-8(13)5-6-12(10)17(14,15)16-11(9)4-2/h5-7,13H,3-4H2,1-2H3. The van der Waals surface area contributed by atoms with Crippen molar-refractivity contribution in [2.75, 3.05) is 0 Å². The van der Waals surface area contributed by atoms with E-state index >= 15 is 0 Å². The van der Waals surface area contributed by atoms with Crippen molar-refractivity contribution < 1.29 is 17.7 Å². The van der Waals surface area contributed by atoms with Crippen LogP contribution in [0, 0.1) is 0 Å². The van der Waals surface area contributed by atoms with E-state index in [9.17, 15) is 13.5 Å². The number of hydrogen-bond acceptors (Lipinski definition) is 4. The highest BCUT2D eigenvalue weighted by atomic mass is 32.2. The summed E-state index contributed by atoms with van der Waals surface area (Å²) in [5, 5.41) is 9.47. The highest BCUT2D eigenvalue weighted by Crippen LogP contribution is 2.38. The summed E-state index contributed by atoms with van der Waals surface area (Å²) in [5.74, 6) is 0.521. The van der Waals surface area contributed by atoms with Gasteiger partial charge in [0.25, 0.3) is 0 Å². The lowest BCUT2D eigenvalue weighted by Crippen LogP contribution is -2.15. The van der Waals surface area contributed by atoms with E-state index in [2.05, 4.69) is 0 Å². The molecule has 0 aliphatic carbocycles. The lowest BCUT2D eigenvalue weighted by molar-refractivity contribution is 0.390. The Labute approximate surface area is 101 Å². The lowest BCUT2D eigenvalue weighted by atomic mass is 10.0. The van der Waals surface area contributed by atoms with Gasteiger partial charge in [0, 0.05) is 17.6 Å². The third-order valence-corrected chi connectivity index (χ3v) is 4.09. The molecule has 0 aromatic heterocycles. The van der Waals surface area contributed by atoms with Gasteiger partial charge < -0.3 is 9.29 Å². The van der Waals surface area contributed by atoms with E-state index in [0.29, 0.717) is 24.2 Å². The zero-order valence-corrected chi connectivity index (χ0v) is 10.5. The molecule has 1 aliphatic heterocycles. The number of benzene rings is 1. The monoisotopic (exact) mass is 254 g/mol. The minimum absolute atomic E-state index is 0.0576. The molecule has 1 aromatic carbocycles. The molecule has 0 spiro atoms. The maximum atomic E-state index is 11.9. The molecule has 0 amide bonds. The summed E-state index contributed by atoms with van der Waals surface area (Å²) in [6, 6.07) is 4.20. The largest absolute Gasteiger partial charge is 0.508 e. The van der Waals surface area contributed by atoms with Gasteiger partial charge in [-0.1, -0.05) is 13.8 Å². The van der Waals surface area contributed by atoms with Crippen molar-refractivity contribution in [1.29, 1.82) is 0 Å². The lowest BCUT2D eigenvalue weighted by Gasteiger charge is -2.22. The van der Waals surface area contributed by atoms with E-state index in [1.54, 1.807) is 0 Å². The smallest absolute Gasteiger partial charge is 0.339 e. The SMILES string of the molecule is CCC1=C(CC)c2cc(O)ccc2S(=O)(=O)O1. The number of phenolic OH excluding ortho intramolecular Hbond substituents is 1. The molecule has 0 saturated carbocycles. The molecule has 0 saturated heterocycles. The number of rotatable bonds is 2. The second kappa shape index (κ2) is 4.07. The Bertz CT molecular complexity index is 585. The van der Waals surface area contributed by atoms with Gasteiger partial charge in [0.1, 0.15) is 16.4 Å². The first kappa shape index (κ1) is 12.0. The predicted molar refractivity (Wildman–Crippen MR) is 63.9 cm³/mol. The van der Waals surface area contributed by atoms with Crippen LogP contribution in [0.1, 0.15) is 32.3 Å². The molecule has 1 heterocycles. The first-order valence-corrected chi connectivity index (χ1v) is 6.90. The Kier molecular flexibility index (Phi) is 2.87. The normalized spacial score (nSPS) is 17.5. The van der Waals surface area contributed by atoms with Gasteiger partial charge in [0.05, 0.1) is 0 Å². The first-order chi connectivity index (χ1) is 7.99. The molecule has 4 nitrogen and oxygen atoms in total. The van der Waals surface area contributed by atoms with Gasteiger partial charge in [-0.3, -0.25) is 0 Å². The van der Waals surface area contributed by atoms with Crippen molar-refractivity contribution in [1.82, 2.24) is 0 Å². The van der Waals surface area contributed by atoms with Crippen molar-refractivity contribution in [3.8, 4) is 5.75 Å². The van der Waals surface area contributed by atoms with Crippen LogP contribution in [0.2, 0.25) is 0 Å². The maximum absolute atomic E-state index is 11.9. The molecule has 1 aromatic rings. The number of phenols is 1. The van der Waals surface area contributed by atoms with Crippen molar-refractivity contribution in [3.63, 3.8) is 0 Å². The molecular weight excluding hydrogens is 240 g/mol. The summed E-state index contributed by atoms with van der Waals surface area (Å²) in [6.45, 7) is 3.77. The van der Waals surface area contributed by atoms with Crippen molar-refractivity contribution in [3.05, 3.63) is 29.5 Å². The fraction of sp³-hybridized carbons (Fsp3) is 0.333. The zero-order chi connectivity index (χ0) is 12.6. The third-order valence-electron chi connectivity index (χ3n) is 2.78. The Morgan fingerprint density at radius 2 is 1.94 bits per heavy atom. The highest BCUT2D eigenvalue weighted by molar-refractivity contribution is 7.87. The summed E-state index contributed by atoms with van der Waals surface area (Å²) in [6.07, 6.45) is 1.17. The molecule has 0 bridgehead atoms. The topological polar surface area (TPSA) is 63.6 Å². The molecule has 0 unspecified atom stereocenters. The van der Waals surface area contributed by atoms with Crippen LogP contribution in [-0.2, 0) is 14.3 Å². The quantitative estimate of drug-likeness (QED) is 0.824. The van der Waals surface area contributed by atoms with E-state index in [-0.39, 0.29) is 10.6 Å². The molecule has 1 aliphatic rings. The van der Waals surface area contributed by atoms with Crippen molar-refractivity contribution in [2.45, 2.75) is 31.6 Å². The Morgan fingerprint density at radius 1 is 1.24 bits per heavy atom. The molecule has 92 valence electrons. The molecular formula is C12H14O4S. The van der Waals surface area contributed by atoms with Crippen LogP contribution in [-0.4, -0.2) is 13.5 Å². The van der Waals surface area contributed by atoms with Crippen LogP contribution >= 0.6 is 0 Å².